The Morgan fingerprint density at radius 1 is 1.24 bits per heavy atom. The molecule has 0 unspecified atom stereocenters. The third-order valence-electron chi connectivity index (χ3n) is 3.45. The highest BCUT2D eigenvalue weighted by molar-refractivity contribution is 5.92. The van der Waals surface area contributed by atoms with Gasteiger partial charge in [-0.1, -0.05) is 18.2 Å². The van der Waals surface area contributed by atoms with Crippen LogP contribution < -0.4 is 10.5 Å². The number of H-pyrrole nitrogens is 1. The van der Waals surface area contributed by atoms with E-state index in [1.807, 2.05) is 30.3 Å². The summed E-state index contributed by atoms with van der Waals surface area (Å²) < 4.78 is 0. The van der Waals surface area contributed by atoms with Crippen molar-refractivity contribution >= 4 is 11.6 Å². The summed E-state index contributed by atoms with van der Waals surface area (Å²) in [6, 6.07) is 9.44. The molecule has 0 fully saturated rings. The first-order chi connectivity index (χ1) is 9.99. The Bertz CT molecular complexity index is 692. The van der Waals surface area contributed by atoms with Crippen LogP contribution in [0.2, 0.25) is 0 Å². The molecule has 1 N–H and O–H groups in total. The van der Waals surface area contributed by atoms with E-state index < -0.39 is 0 Å². The second-order valence-electron chi connectivity index (χ2n) is 5.00. The lowest BCUT2D eigenvalue weighted by molar-refractivity contribution is -0.118. The SMILES string of the molecule is Cc1nc(C)c(CCC(=O)N(C)c2ccccc2)c(=O)[nH]1. The zero-order valence-corrected chi connectivity index (χ0v) is 12.5. The van der Waals surface area contributed by atoms with E-state index in [9.17, 15) is 9.59 Å². The summed E-state index contributed by atoms with van der Waals surface area (Å²) in [5.41, 5.74) is 1.95. The lowest BCUT2D eigenvalue weighted by atomic mass is 10.1. The quantitative estimate of drug-likeness (QED) is 0.934. The first-order valence-corrected chi connectivity index (χ1v) is 6.87. The van der Waals surface area contributed by atoms with E-state index >= 15 is 0 Å². The summed E-state index contributed by atoms with van der Waals surface area (Å²) in [7, 11) is 1.74. The fourth-order valence-electron chi connectivity index (χ4n) is 2.24. The Labute approximate surface area is 123 Å². The maximum Gasteiger partial charge on any atom is 0.254 e. The maximum atomic E-state index is 12.2. The van der Waals surface area contributed by atoms with Gasteiger partial charge in [0.05, 0.1) is 0 Å². The number of carbonyl (C=O) groups excluding carboxylic acids is 1. The predicted molar refractivity (Wildman–Crippen MR) is 82.5 cm³/mol. The summed E-state index contributed by atoms with van der Waals surface area (Å²) in [4.78, 5) is 32.6. The van der Waals surface area contributed by atoms with E-state index in [0.717, 1.165) is 5.69 Å². The molecule has 1 amide bonds. The predicted octanol–water partition coefficient (Wildman–Crippen LogP) is 1.98. The minimum atomic E-state index is -0.157. The van der Waals surface area contributed by atoms with Gasteiger partial charge in [-0.2, -0.15) is 0 Å². The molecule has 21 heavy (non-hydrogen) atoms. The van der Waals surface area contributed by atoms with E-state index in [1.54, 1.807) is 25.8 Å². The second-order valence-corrected chi connectivity index (χ2v) is 5.00. The number of para-hydroxylation sites is 1. The van der Waals surface area contributed by atoms with Gasteiger partial charge in [-0.3, -0.25) is 9.59 Å². The van der Waals surface area contributed by atoms with Gasteiger partial charge in [0.15, 0.2) is 0 Å². The molecule has 1 aromatic heterocycles. The Hall–Kier alpha value is -2.43. The molecule has 0 saturated carbocycles. The van der Waals surface area contributed by atoms with Gasteiger partial charge in [-0.05, 0) is 32.4 Å². The van der Waals surface area contributed by atoms with Crippen LogP contribution in [0.15, 0.2) is 35.1 Å². The van der Waals surface area contributed by atoms with Crippen LogP contribution >= 0.6 is 0 Å². The third kappa shape index (κ3) is 3.56. The molecule has 0 atom stereocenters. The lowest BCUT2D eigenvalue weighted by Crippen LogP contribution is -2.27. The Balaban J connectivity index is 2.07. The highest BCUT2D eigenvalue weighted by Gasteiger charge is 2.13. The number of nitrogens with zero attached hydrogens (tertiary/aromatic N) is 2. The molecule has 1 aromatic carbocycles. The van der Waals surface area contributed by atoms with Crippen LogP contribution in [0.25, 0.3) is 0 Å². The molecular formula is C16H19N3O2. The number of hydrogen-bond acceptors (Lipinski definition) is 3. The standard InChI is InChI=1S/C16H19N3O2/c1-11-14(16(21)18-12(2)17-11)9-10-15(20)19(3)13-7-5-4-6-8-13/h4-8H,9-10H2,1-3H3,(H,17,18,21). The van der Waals surface area contributed by atoms with Crippen LogP contribution in [0.1, 0.15) is 23.5 Å². The monoisotopic (exact) mass is 285 g/mol. The number of aromatic amines is 1. The van der Waals surface area contributed by atoms with Crippen molar-refractivity contribution in [1.29, 1.82) is 0 Å². The van der Waals surface area contributed by atoms with Crippen molar-refractivity contribution in [3.05, 3.63) is 57.8 Å². The number of carbonyl (C=O) groups is 1. The van der Waals surface area contributed by atoms with E-state index in [-0.39, 0.29) is 17.9 Å². The normalized spacial score (nSPS) is 10.4. The van der Waals surface area contributed by atoms with E-state index in [1.165, 1.54) is 0 Å². The molecule has 0 aliphatic heterocycles. The number of aryl methyl sites for hydroxylation is 2. The molecule has 1 heterocycles. The first kappa shape index (κ1) is 15.0. The molecule has 2 aromatic rings. The molecule has 110 valence electrons. The number of hydrogen-bond donors (Lipinski definition) is 1. The number of aromatic nitrogens is 2. The molecule has 0 radical (unpaired) electrons. The molecule has 0 aliphatic carbocycles. The van der Waals surface area contributed by atoms with Crippen LogP contribution in [0.5, 0.6) is 0 Å². The highest BCUT2D eigenvalue weighted by Crippen LogP contribution is 2.13. The number of benzene rings is 1. The Kier molecular flexibility index (Phi) is 4.52. The van der Waals surface area contributed by atoms with Gasteiger partial charge in [-0.15, -0.1) is 0 Å². The van der Waals surface area contributed by atoms with Crippen LogP contribution in [0, 0.1) is 13.8 Å². The van der Waals surface area contributed by atoms with Crippen LogP contribution in [-0.2, 0) is 11.2 Å². The minimum Gasteiger partial charge on any atom is -0.315 e. The Morgan fingerprint density at radius 3 is 2.52 bits per heavy atom. The Morgan fingerprint density at radius 2 is 1.90 bits per heavy atom. The molecule has 0 bridgehead atoms. The van der Waals surface area contributed by atoms with Crippen LogP contribution in [0.4, 0.5) is 5.69 Å². The smallest absolute Gasteiger partial charge is 0.254 e. The first-order valence-electron chi connectivity index (χ1n) is 6.87. The molecule has 0 saturated heterocycles. The summed E-state index contributed by atoms with van der Waals surface area (Å²) in [5.74, 6) is 0.564. The summed E-state index contributed by atoms with van der Waals surface area (Å²) in [6.07, 6.45) is 0.671. The summed E-state index contributed by atoms with van der Waals surface area (Å²) >= 11 is 0. The van der Waals surface area contributed by atoms with Crippen LogP contribution in [-0.4, -0.2) is 22.9 Å². The zero-order valence-electron chi connectivity index (χ0n) is 12.5. The van der Waals surface area contributed by atoms with Crippen molar-refractivity contribution in [2.24, 2.45) is 0 Å². The van der Waals surface area contributed by atoms with Gasteiger partial charge in [0, 0.05) is 30.4 Å². The molecule has 2 rings (SSSR count). The third-order valence-corrected chi connectivity index (χ3v) is 3.45. The van der Waals surface area contributed by atoms with E-state index in [2.05, 4.69) is 9.97 Å². The van der Waals surface area contributed by atoms with Gasteiger partial charge in [0.1, 0.15) is 5.82 Å². The largest absolute Gasteiger partial charge is 0.315 e. The summed E-state index contributed by atoms with van der Waals surface area (Å²) in [6.45, 7) is 3.54. The van der Waals surface area contributed by atoms with E-state index in [0.29, 0.717) is 23.5 Å². The topological polar surface area (TPSA) is 66.1 Å². The number of nitrogens with one attached hydrogen (secondary N) is 1. The van der Waals surface area contributed by atoms with Crippen LogP contribution in [0.3, 0.4) is 0 Å². The van der Waals surface area contributed by atoms with Gasteiger partial charge in [0.2, 0.25) is 5.91 Å². The van der Waals surface area contributed by atoms with Gasteiger partial charge in [-0.25, -0.2) is 4.98 Å². The zero-order chi connectivity index (χ0) is 15.4. The average molecular weight is 285 g/mol. The minimum absolute atomic E-state index is 0.0272. The summed E-state index contributed by atoms with van der Waals surface area (Å²) in [5, 5.41) is 0. The van der Waals surface area contributed by atoms with Gasteiger partial charge < -0.3 is 9.88 Å². The fraction of sp³-hybridized carbons (Fsp3) is 0.312. The van der Waals surface area contributed by atoms with Gasteiger partial charge >= 0.3 is 0 Å². The number of amides is 1. The number of rotatable bonds is 4. The molecular weight excluding hydrogens is 266 g/mol. The molecule has 0 aliphatic rings. The van der Waals surface area contributed by atoms with Crippen molar-refractivity contribution in [1.82, 2.24) is 9.97 Å². The van der Waals surface area contributed by atoms with Crippen molar-refractivity contribution in [3.8, 4) is 0 Å². The van der Waals surface area contributed by atoms with Crippen molar-refractivity contribution in [2.45, 2.75) is 26.7 Å². The highest BCUT2D eigenvalue weighted by atomic mass is 16.2. The number of anilines is 1. The van der Waals surface area contributed by atoms with Gasteiger partial charge in [0.25, 0.3) is 5.56 Å². The molecule has 5 nitrogen and oxygen atoms in total. The second kappa shape index (κ2) is 6.35. The fourth-order valence-corrected chi connectivity index (χ4v) is 2.24. The van der Waals surface area contributed by atoms with E-state index in [4.69, 9.17) is 0 Å². The van der Waals surface area contributed by atoms with Crippen molar-refractivity contribution in [3.63, 3.8) is 0 Å². The maximum absolute atomic E-state index is 12.2. The average Bonchev–Trinajstić information content (AvgIpc) is 2.46. The van der Waals surface area contributed by atoms with Crippen molar-refractivity contribution < 1.29 is 4.79 Å². The van der Waals surface area contributed by atoms with Crippen molar-refractivity contribution in [2.75, 3.05) is 11.9 Å². The molecule has 5 heteroatoms. The molecule has 0 spiro atoms. The lowest BCUT2D eigenvalue weighted by Gasteiger charge is -2.17.